The number of fused-ring (bicyclic) bond motifs is 1. The summed E-state index contributed by atoms with van der Waals surface area (Å²) in [5.41, 5.74) is 5.08. The summed E-state index contributed by atoms with van der Waals surface area (Å²) in [7, 11) is 0. The van der Waals surface area contributed by atoms with Gasteiger partial charge in [-0.05, 0) is 68.2 Å². The van der Waals surface area contributed by atoms with Crippen LogP contribution in [0.3, 0.4) is 0 Å². The number of anilines is 3. The van der Waals surface area contributed by atoms with Gasteiger partial charge in [-0.15, -0.1) is 0 Å². The molecule has 5 nitrogen and oxygen atoms in total. The van der Waals surface area contributed by atoms with E-state index in [4.69, 9.17) is 0 Å². The van der Waals surface area contributed by atoms with E-state index < -0.39 is 5.92 Å². The molecule has 8 heteroatoms. The molecular weight excluding hydrogens is 514 g/mol. The minimum atomic E-state index is -2.60. The summed E-state index contributed by atoms with van der Waals surface area (Å²) in [6.45, 7) is 5.02. The van der Waals surface area contributed by atoms with E-state index in [9.17, 15) is 13.6 Å². The van der Waals surface area contributed by atoms with Crippen LogP contribution in [0.25, 0.3) is 0 Å². The fourth-order valence-corrected chi connectivity index (χ4v) is 6.46. The standard InChI is InChI=1S/C27H31BrF2N4O/c1-18-14-21(17-23(31-18)33-12-7-27(29,30)8-13-33)34-9-2-19-15-20(28)16-22(24(19)25(34)35)32-10-5-26(3-4-26)6-11-32/h14-17H,2-13H2,1H3. The lowest BCUT2D eigenvalue weighted by molar-refractivity contribution is -0.0221. The van der Waals surface area contributed by atoms with E-state index in [1.54, 1.807) is 0 Å². The number of carbonyl (C=O) groups is 1. The zero-order valence-electron chi connectivity index (χ0n) is 20.1. The number of rotatable bonds is 3. The molecule has 4 aliphatic rings. The van der Waals surface area contributed by atoms with E-state index in [2.05, 4.69) is 37.9 Å². The second kappa shape index (κ2) is 8.43. The Kier molecular flexibility index (Phi) is 5.58. The van der Waals surface area contributed by atoms with Crippen LogP contribution in [0.1, 0.15) is 60.1 Å². The molecule has 0 atom stereocenters. The van der Waals surface area contributed by atoms with E-state index >= 15 is 0 Å². The monoisotopic (exact) mass is 544 g/mol. The van der Waals surface area contributed by atoms with Crippen molar-refractivity contribution in [3.63, 3.8) is 0 Å². The van der Waals surface area contributed by atoms with Crippen molar-refractivity contribution in [2.24, 2.45) is 5.41 Å². The third-order valence-corrected chi connectivity index (χ3v) is 8.86. The fraction of sp³-hybridized carbons (Fsp3) is 0.556. The number of aryl methyl sites for hydroxylation is 1. The molecule has 1 spiro atoms. The van der Waals surface area contributed by atoms with Gasteiger partial charge >= 0.3 is 0 Å². The molecule has 1 amide bonds. The first-order valence-electron chi connectivity index (χ1n) is 12.7. The maximum absolute atomic E-state index is 14.0. The predicted molar refractivity (Wildman–Crippen MR) is 138 cm³/mol. The van der Waals surface area contributed by atoms with Crippen LogP contribution in [0.2, 0.25) is 0 Å². The SMILES string of the molecule is Cc1cc(N2CCc3cc(Br)cc(N4CCC5(CC4)CC5)c3C2=O)cc(N2CCC(F)(F)CC2)n1. The lowest BCUT2D eigenvalue weighted by Crippen LogP contribution is -2.42. The Bertz CT molecular complexity index is 1160. The maximum atomic E-state index is 14.0. The lowest BCUT2D eigenvalue weighted by atomic mass is 9.91. The summed E-state index contributed by atoms with van der Waals surface area (Å²) in [5, 5.41) is 0. The first-order valence-corrected chi connectivity index (χ1v) is 13.5. The Morgan fingerprint density at radius 2 is 1.57 bits per heavy atom. The van der Waals surface area contributed by atoms with Crippen molar-refractivity contribution in [1.82, 2.24) is 4.98 Å². The first kappa shape index (κ1) is 23.2. The molecular formula is C27H31BrF2N4O. The summed E-state index contributed by atoms with van der Waals surface area (Å²) in [6, 6.07) is 8.01. The number of alkyl halides is 2. The second-order valence-electron chi connectivity index (χ2n) is 10.8. The normalized spacial score (nSPS) is 23.0. The number of pyridine rings is 1. The summed E-state index contributed by atoms with van der Waals surface area (Å²) >= 11 is 3.67. The summed E-state index contributed by atoms with van der Waals surface area (Å²) in [4.78, 5) is 24.7. The van der Waals surface area contributed by atoms with Gasteiger partial charge in [0.1, 0.15) is 5.82 Å². The molecule has 1 saturated carbocycles. The Morgan fingerprint density at radius 1 is 0.886 bits per heavy atom. The van der Waals surface area contributed by atoms with Crippen molar-refractivity contribution >= 4 is 39.0 Å². The molecule has 0 radical (unpaired) electrons. The number of hydrogen-bond donors (Lipinski definition) is 0. The number of hydrogen-bond acceptors (Lipinski definition) is 4. The molecule has 3 fully saturated rings. The lowest BCUT2D eigenvalue weighted by Gasteiger charge is -2.38. The van der Waals surface area contributed by atoms with Crippen LogP contribution < -0.4 is 14.7 Å². The topological polar surface area (TPSA) is 39.7 Å². The van der Waals surface area contributed by atoms with Crippen LogP contribution in [-0.2, 0) is 6.42 Å². The molecule has 0 bridgehead atoms. The Hall–Kier alpha value is -2.22. The molecule has 2 aromatic rings. The van der Waals surface area contributed by atoms with E-state index in [0.717, 1.165) is 52.2 Å². The third-order valence-electron chi connectivity index (χ3n) is 8.40. The number of halogens is 3. The van der Waals surface area contributed by atoms with Crippen LogP contribution in [-0.4, -0.2) is 49.5 Å². The Morgan fingerprint density at radius 3 is 2.26 bits per heavy atom. The van der Waals surface area contributed by atoms with Crippen LogP contribution >= 0.6 is 15.9 Å². The van der Waals surface area contributed by atoms with Crippen LogP contribution in [0.4, 0.5) is 26.0 Å². The van der Waals surface area contributed by atoms with Gasteiger partial charge in [0.15, 0.2) is 0 Å². The molecule has 35 heavy (non-hydrogen) atoms. The molecule has 1 aliphatic carbocycles. The van der Waals surface area contributed by atoms with Crippen molar-refractivity contribution in [2.45, 2.75) is 57.8 Å². The van der Waals surface area contributed by atoms with Gasteiger partial charge in [0.2, 0.25) is 0 Å². The fourth-order valence-electron chi connectivity index (χ4n) is 5.97. The quantitative estimate of drug-likeness (QED) is 0.477. The van der Waals surface area contributed by atoms with Crippen LogP contribution in [0.15, 0.2) is 28.7 Å². The smallest absolute Gasteiger partial charge is 0.260 e. The van der Waals surface area contributed by atoms with Gasteiger partial charge in [-0.1, -0.05) is 15.9 Å². The zero-order valence-corrected chi connectivity index (χ0v) is 21.7. The maximum Gasteiger partial charge on any atom is 0.260 e. The van der Waals surface area contributed by atoms with Gasteiger partial charge in [-0.25, -0.2) is 13.8 Å². The Balaban J connectivity index is 1.30. The Labute approximate surface area is 213 Å². The third kappa shape index (κ3) is 4.43. The van der Waals surface area contributed by atoms with E-state index in [-0.39, 0.29) is 31.8 Å². The van der Waals surface area contributed by atoms with Gasteiger partial charge in [0.05, 0.1) is 11.3 Å². The number of piperidine rings is 2. The molecule has 1 aromatic heterocycles. The number of amides is 1. The second-order valence-corrected chi connectivity index (χ2v) is 11.7. The first-order chi connectivity index (χ1) is 16.7. The van der Waals surface area contributed by atoms with E-state index in [1.807, 2.05) is 28.9 Å². The van der Waals surface area contributed by atoms with Crippen molar-refractivity contribution < 1.29 is 13.6 Å². The van der Waals surface area contributed by atoms with Crippen LogP contribution in [0, 0.1) is 12.3 Å². The zero-order chi connectivity index (χ0) is 24.4. The molecule has 1 aromatic carbocycles. The van der Waals surface area contributed by atoms with Gasteiger partial charge in [0, 0.05) is 67.5 Å². The van der Waals surface area contributed by atoms with Gasteiger partial charge in [-0.2, -0.15) is 0 Å². The highest BCUT2D eigenvalue weighted by molar-refractivity contribution is 9.10. The number of benzene rings is 1. The average molecular weight is 545 g/mol. The highest BCUT2D eigenvalue weighted by Crippen LogP contribution is 2.54. The largest absolute Gasteiger partial charge is 0.371 e. The molecule has 3 aliphatic heterocycles. The molecule has 0 N–H and O–H groups in total. The summed E-state index contributed by atoms with van der Waals surface area (Å²) in [5.74, 6) is -1.91. The molecule has 0 unspecified atom stereocenters. The average Bonchev–Trinajstić information content (AvgIpc) is 3.57. The minimum absolute atomic E-state index is 0.0159. The van der Waals surface area contributed by atoms with Gasteiger partial charge in [-0.3, -0.25) is 4.79 Å². The van der Waals surface area contributed by atoms with E-state index in [1.165, 1.54) is 25.7 Å². The molecule has 4 heterocycles. The van der Waals surface area contributed by atoms with Crippen molar-refractivity contribution in [3.05, 3.63) is 45.6 Å². The highest BCUT2D eigenvalue weighted by atomic mass is 79.9. The van der Waals surface area contributed by atoms with E-state index in [0.29, 0.717) is 17.8 Å². The van der Waals surface area contributed by atoms with Crippen molar-refractivity contribution in [2.75, 3.05) is 47.4 Å². The van der Waals surface area contributed by atoms with Crippen molar-refractivity contribution in [1.29, 1.82) is 0 Å². The summed E-state index contributed by atoms with van der Waals surface area (Å²) < 4.78 is 28.4. The highest BCUT2D eigenvalue weighted by Gasteiger charge is 2.45. The number of aromatic nitrogens is 1. The number of carbonyl (C=O) groups excluding carboxylic acids is 1. The van der Waals surface area contributed by atoms with Gasteiger partial charge in [0.25, 0.3) is 11.8 Å². The van der Waals surface area contributed by atoms with Gasteiger partial charge < -0.3 is 14.7 Å². The predicted octanol–water partition coefficient (Wildman–Crippen LogP) is 5.97. The van der Waals surface area contributed by atoms with Crippen LogP contribution in [0.5, 0.6) is 0 Å². The summed E-state index contributed by atoms with van der Waals surface area (Å²) in [6.07, 6.45) is 5.55. The minimum Gasteiger partial charge on any atom is -0.371 e. The molecule has 6 rings (SSSR count). The molecule has 186 valence electrons. The number of nitrogens with zero attached hydrogens (tertiary/aromatic N) is 4. The molecule has 2 saturated heterocycles. The van der Waals surface area contributed by atoms with Crippen molar-refractivity contribution in [3.8, 4) is 0 Å².